The molecule has 0 aromatic carbocycles. The number of aromatic nitrogens is 3. The summed E-state index contributed by atoms with van der Waals surface area (Å²) in [5.41, 5.74) is 7.42. The molecule has 5 nitrogen and oxygen atoms in total. The molecule has 5 heteroatoms. The Bertz CT molecular complexity index is 333. The summed E-state index contributed by atoms with van der Waals surface area (Å²) in [4.78, 5) is 0. The summed E-state index contributed by atoms with van der Waals surface area (Å²) < 4.78 is 1.88. The largest absolute Gasteiger partial charge is 0.396 e. The molecule has 3 N–H and O–H groups in total. The Kier molecular flexibility index (Phi) is 4.44. The summed E-state index contributed by atoms with van der Waals surface area (Å²) in [6.45, 7) is 7.37. The van der Waals surface area contributed by atoms with E-state index in [1.165, 1.54) is 0 Å². The van der Waals surface area contributed by atoms with Crippen LogP contribution in [0.2, 0.25) is 0 Å². The molecule has 0 amide bonds. The van der Waals surface area contributed by atoms with E-state index in [2.05, 4.69) is 17.2 Å². The second-order valence-electron chi connectivity index (χ2n) is 4.92. The topological polar surface area (TPSA) is 77.0 Å². The van der Waals surface area contributed by atoms with Crippen molar-refractivity contribution in [3.63, 3.8) is 0 Å². The van der Waals surface area contributed by atoms with Crippen molar-refractivity contribution in [3.8, 4) is 0 Å². The first-order chi connectivity index (χ1) is 7.54. The van der Waals surface area contributed by atoms with Crippen molar-refractivity contribution >= 4 is 0 Å². The minimum Gasteiger partial charge on any atom is -0.396 e. The van der Waals surface area contributed by atoms with Crippen LogP contribution in [0.25, 0.3) is 0 Å². The highest BCUT2D eigenvalue weighted by molar-refractivity contribution is 5.10. The monoisotopic (exact) mass is 226 g/mol. The third kappa shape index (κ3) is 3.02. The molecular formula is C11H22N4O. The molecule has 0 unspecified atom stereocenters. The summed E-state index contributed by atoms with van der Waals surface area (Å²) >= 11 is 0. The quantitative estimate of drug-likeness (QED) is 0.749. The molecule has 92 valence electrons. The maximum Gasteiger partial charge on any atom is 0.0994 e. The highest BCUT2D eigenvalue weighted by atomic mass is 16.3. The number of nitrogens with two attached hydrogens (primary N) is 1. The second-order valence-corrected chi connectivity index (χ2v) is 4.92. The van der Waals surface area contributed by atoms with Crippen molar-refractivity contribution in [1.82, 2.24) is 15.0 Å². The van der Waals surface area contributed by atoms with Crippen molar-refractivity contribution in [1.29, 1.82) is 0 Å². The number of hydrogen-bond acceptors (Lipinski definition) is 4. The summed E-state index contributed by atoms with van der Waals surface area (Å²) in [5, 5.41) is 17.4. The van der Waals surface area contributed by atoms with E-state index in [0.29, 0.717) is 13.1 Å². The Hall–Kier alpha value is -0.940. The molecule has 0 atom stereocenters. The van der Waals surface area contributed by atoms with Crippen LogP contribution >= 0.6 is 0 Å². The zero-order chi connectivity index (χ0) is 12.2. The lowest BCUT2D eigenvalue weighted by Crippen LogP contribution is -2.25. The van der Waals surface area contributed by atoms with Gasteiger partial charge in [0.15, 0.2) is 0 Å². The summed E-state index contributed by atoms with van der Waals surface area (Å²) in [7, 11) is 0. The minimum atomic E-state index is -0.179. The van der Waals surface area contributed by atoms with Gasteiger partial charge in [0.1, 0.15) is 0 Å². The predicted octanol–water partition coefficient (Wildman–Crippen LogP) is 0.708. The lowest BCUT2D eigenvalue weighted by molar-refractivity contribution is 0.134. The number of aliphatic hydroxyl groups excluding tert-OH is 1. The molecule has 0 spiro atoms. The van der Waals surface area contributed by atoms with Crippen LogP contribution in [0, 0.1) is 5.41 Å². The summed E-state index contributed by atoms with van der Waals surface area (Å²) in [6.07, 6.45) is 1.97. The zero-order valence-electron chi connectivity index (χ0n) is 10.4. The van der Waals surface area contributed by atoms with Gasteiger partial charge in [0.25, 0.3) is 0 Å². The van der Waals surface area contributed by atoms with Crippen molar-refractivity contribution in [2.45, 2.75) is 46.7 Å². The molecule has 0 saturated heterocycles. The SMILES string of the molecule is CCCc1c(CN)nnn1CC(C)(C)CO. The molecule has 16 heavy (non-hydrogen) atoms. The van der Waals surface area contributed by atoms with Crippen molar-refractivity contribution in [2.75, 3.05) is 6.61 Å². The molecule has 0 aliphatic rings. The summed E-state index contributed by atoms with van der Waals surface area (Å²) in [6, 6.07) is 0. The van der Waals surface area contributed by atoms with E-state index in [1.54, 1.807) is 0 Å². The van der Waals surface area contributed by atoms with Gasteiger partial charge >= 0.3 is 0 Å². The number of nitrogens with zero attached hydrogens (tertiary/aromatic N) is 3. The van der Waals surface area contributed by atoms with Gasteiger partial charge in [-0.2, -0.15) is 0 Å². The maximum absolute atomic E-state index is 9.25. The minimum absolute atomic E-state index is 0.135. The molecule has 1 rings (SSSR count). The zero-order valence-corrected chi connectivity index (χ0v) is 10.4. The van der Waals surface area contributed by atoms with Crippen LogP contribution in [0.15, 0.2) is 0 Å². The first-order valence-corrected chi connectivity index (χ1v) is 5.76. The van der Waals surface area contributed by atoms with Crippen LogP contribution < -0.4 is 5.73 Å². The third-order valence-electron chi connectivity index (χ3n) is 2.60. The molecule has 1 heterocycles. The first-order valence-electron chi connectivity index (χ1n) is 5.76. The van der Waals surface area contributed by atoms with Crippen LogP contribution in [0.4, 0.5) is 0 Å². The van der Waals surface area contributed by atoms with E-state index in [0.717, 1.165) is 24.2 Å². The smallest absolute Gasteiger partial charge is 0.0994 e. The fraction of sp³-hybridized carbons (Fsp3) is 0.818. The Morgan fingerprint density at radius 3 is 2.62 bits per heavy atom. The Morgan fingerprint density at radius 2 is 2.12 bits per heavy atom. The lowest BCUT2D eigenvalue weighted by Gasteiger charge is -2.22. The highest BCUT2D eigenvalue weighted by Gasteiger charge is 2.21. The van der Waals surface area contributed by atoms with Crippen LogP contribution in [0.1, 0.15) is 38.6 Å². The standard InChI is InChI=1S/C11H22N4O/c1-4-5-10-9(6-12)13-14-15(10)7-11(2,3)8-16/h16H,4-8,12H2,1-3H3. The fourth-order valence-corrected chi connectivity index (χ4v) is 1.62. The van der Waals surface area contributed by atoms with Crippen molar-refractivity contribution in [3.05, 3.63) is 11.4 Å². The van der Waals surface area contributed by atoms with Crippen LogP contribution in [-0.4, -0.2) is 26.7 Å². The van der Waals surface area contributed by atoms with E-state index in [4.69, 9.17) is 5.73 Å². The normalized spacial score (nSPS) is 12.1. The Labute approximate surface area is 96.6 Å². The molecule has 0 radical (unpaired) electrons. The van der Waals surface area contributed by atoms with E-state index < -0.39 is 0 Å². The molecule has 0 aliphatic heterocycles. The van der Waals surface area contributed by atoms with Gasteiger partial charge in [-0.3, -0.25) is 0 Å². The van der Waals surface area contributed by atoms with Gasteiger partial charge in [0.05, 0.1) is 17.9 Å². The van der Waals surface area contributed by atoms with Gasteiger partial charge in [0, 0.05) is 18.6 Å². The molecule has 0 saturated carbocycles. The van der Waals surface area contributed by atoms with E-state index >= 15 is 0 Å². The molecular weight excluding hydrogens is 204 g/mol. The highest BCUT2D eigenvalue weighted by Crippen LogP contribution is 2.19. The molecule has 0 fully saturated rings. The lowest BCUT2D eigenvalue weighted by atomic mass is 9.95. The van der Waals surface area contributed by atoms with Gasteiger partial charge in [-0.25, -0.2) is 4.68 Å². The molecule has 0 aliphatic carbocycles. The van der Waals surface area contributed by atoms with Gasteiger partial charge in [-0.15, -0.1) is 5.10 Å². The van der Waals surface area contributed by atoms with Crippen LogP contribution in [-0.2, 0) is 19.5 Å². The first kappa shape index (κ1) is 13.1. The Morgan fingerprint density at radius 1 is 1.44 bits per heavy atom. The van der Waals surface area contributed by atoms with Crippen molar-refractivity contribution < 1.29 is 5.11 Å². The average Bonchev–Trinajstić information content (AvgIpc) is 2.61. The van der Waals surface area contributed by atoms with E-state index in [1.807, 2.05) is 18.5 Å². The molecule has 1 aromatic heterocycles. The average molecular weight is 226 g/mol. The van der Waals surface area contributed by atoms with Crippen molar-refractivity contribution in [2.24, 2.45) is 11.1 Å². The van der Waals surface area contributed by atoms with Crippen LogP contribution in [0.5, 0.6) is 0 Å². The fourth-order valence-electron chi connectivity index (χ4n) is 1.62. The maximum atomic E-state index is 9.25. The van der Waals surface area contributed by atoms with Gasteiger partial charge in [-0.1, -0.05) is 32.4 Å². The Balaban J connectivity index is 2.91. The van der Waals surface area contributed by atoms with Gasteiger partial charge in [0.2, 0.25) is 0 Å². The third-order valence-corrected chi connectivity index (χ3v) is 2.60. The molecule has 1 aromatic rings. The number of rotatable bonds is 6. The number of hydrogen-bond donors (Lipinski definition) is 2. The molecule has 0 bridgehead atoms. The van der Waals surface area contributed by atoms with Gasteiger partial charge in [-0.05, 0) is 6.42 Å². The second kappa shape index (κ2) is 5.41. The van der Waals surface area contributed by atoms with Crippen LogP contribution in [0.3, 0.4) is 0 Å². The predicted molar refractivity (Wildman–Crippen MR) is 62.8 cm³/mol. The van der Waals surface area contributed by atoms with E-state index in [-0.39, 0.29) is 12.0 Å². The summed E-state index contributed by atoms with van der Waals surface area (Å²) in [5.74, 6) is 0. The number of aliphatic hydroxyl groups is 1. The van der Waals surface area contributed by atoms with E-state index in [9.17, 15) is 5.11 Å². The van der Waals surface area contributed by atoms with Gasteiger partial charge < -0.3 is 10.8 Å².